The highest BCUT2D eigenvalue weighted by atomic mass is 16.1. The maximum absolute atomic E-state index is 12.6. The SMILES string of the molecule is Cc1ccc(CC(=O)c2cn(C)c3cc(C)ccc23)cc1. The van der Waals surface area contributed by atoms with Gasteiger partial charge in [-0.1, -0.05) is 42.0 Å². The van der Waals surface area contributed by atoms with Crippen molar-refractivity contribution in [2.24, 2.45) is 7.05 Å². The van der Waals surface area contributed by atoms with Crippen LogP contribution in [0, 0.1) is 13.8 Å². The number of Topliss-reactive ketones (excluding diaryl/α,β-unsaturated/α-hetero) is 1. The molecule has 1 heterocycles. The van der Waals surface area contributed by atoms with Gasteiger partial charge in [0.05, 0.1) is 0 Å². The number of aryl methyl sites for hydroxylation is 3. The third-order valence-corrected chi connectivity index (χ3v) is 3.93. The number of aromatic nitrogens is 1. The summed E-state index contributed by atoms with van der Waals surface area (Å²) in [6.45, 7) is 4.12. The summed E-state index contributed by atoms with van der Waals surface area (Å²) in [5.74, 6) is 0.174. The Bertz CT molecular complexity index is 809. The average Bonchev–Trinajstić information content (AvgIpc) is 2.78. The predicted molar refractivity (Wildman–Crippen MR) is 86.9 cm³/mol. The normalized spacial score (nSPS) is 11.0. The van der Waals surface area contributed by atoms with E-state index in [1.807, 2.05) is 36.0 Å². The van der Waals surface area contributed by atoms with Crippen molar-refractivity contribution in [3.63, 3.8) is 0 Å². The van der Waals surface area contributed by atoms with Crippen molar-refractivity contribution in [1.82, 2.24) is 4.57 Å². The van der Waals surface area contributed by atoms with Gasteiger partial charge in [-0.15, -0.1) is 0 Å². The molecule has 0 unspecified atom stereocenters. The van der Waals surface area contributed by atoms with Crippen LogP contribution in [0.1, 0.15) is 27.0 Å². The molecule has 0 spiro atoms. The highest BCUT2D eigenvalue weighted by Gasteiger charge is 2.14. The van der Waals surface area contributed by atoms with Gasteiger partial charge in [0.15, 0.2) is 5.78 Å². The van der Waals surface area contributed by atoms with Crippen molar-refractivity contribution in [3.05, 3.63) is 70.9 Å². The summed E-state index contributed by atoms with van der Waals surface area (Å²) in [5.41, 5.74) is 5.41. The fraction of sp³-hybridized carbons (Fsp3) is 0.211. The maximum Gasteiger partial charge on any atom is 0.169 e. The molecule has 0 radical (unpaired) electrons. The molecule has 0 amide bonds. The van der Waals surface area contributed by atoms with E-state index in [0.29, 0.717) is 6.42 Å². The first-order valence-corrected chi connectivity index (χ1v) is 7.19. The van der Waals surface area contributed by atoms with Crippen molar-refractivity contribution in [2.75, 3.05) is 0 Å². The summed E-state index contributed by atoms with van der Waals surface area (Å²) in [4.78, 5) is 12.6. The Hall–Kier alpha value is -2.35. The minimum absolute atomic E-state index is 0.174. The van der Waals surface area contributed by atoms with Crippen LogP contribution in [0.25, 0.3) is 10.9 Å². The van der Waals surface area contributed by atoms with Crippen molar-refractivity contribution in [3.8, 4) is 0 Å². The summed E-state index contributed by atoms with van der Waals surface area (Å²) in [7, 11) is 1.99. The molecular weight excluding hydrogens is 258 g/mol. The molecule has 0 aliphatic heterocycles. The lowest BCUT2D eigenvalue weighted by atomic mass is 10.0. The van der Waals surface area contributed by atoms with Crippen LogP contribution in [0.3, 0.4) is 0 Å². The predicted octanol–water partition coefficient (Wildman–Crippen LogP) is 4.22. The second-order valence-electron chi connectivity index (χ2n) is 5.76. The third kappa shape index (κ3) is 2.62. The van der Waals surface area contributed by atoms with Gasteiger partial charge >= 0.3 is 0 Å². The number of rotatable bonds is 3. The van der Waals surface area contributed by atoms with Crippen LogP contribution in [-0.2, 0) is 13.5 Å². The van der Waals surface area contributed by atoms with Gasteiger partial charge < -0.3 is 4.57 Å². The zero-order chi connectivity index (χ0) is 15.0. The monoisotopic (exact) mass is 277 g/mol. The summed E-state index contributed by atoms with van der Waals surface area (Å²) in [6.07, 6.45) is 2.40. The summed E-state index contributed by atoms with van der Waals surface area (Å²) < 4.78 is 2.03. The number of hydrogen-bond acceptors (Lipinski definition) is 1. The average molecular weight is 277 g/mol. The fourth-order valence-corrected chi connectivity index (χ4v) is 2.70. The summed E-state index contributed by atoms with van der Waals surface area (Å²) >= 11 is 0. The highest BCUT2D eigenvalue weighted by molar-refractivity contribution is 6.08. The van der Waals surface area contributed by atoms with Gasteiger partial charge in [0.2, 0.25) is 0 Å². The van der Waals surface area contributed by atoms with Crippen molar-refractivity contribution in [1.29, 1.82) is 0 Å². The first-order chi connectivity index (χ1) is 10.0. The molecule has 3 aromatic rings. The molecule has 106 valence electrons. The van der Waals surface area contributed by atoms with E-state index in [1.165, 1.54) is 11.1 Å². The number of ketones is 1. The smallest absolute Gasteiger partial charge is 0.169 e. The van der Waals surface area contributed by atoms with E-state index in [4.69, 9.17) is 0 Å². The van der Waals surface area contributed by atoms with Crippen LogP contribution >= 0.6 is 0 Å². The minimum atomic E-state index is 0.174. The zero-order valence-corrected chi connectivity index (χ0v) is 12.7. The van der Waals surface area contributed by atoms with Gasteiger partial charge in [0, 0.05) is 36.1 Å². The number of carbonyl (C=O) groups excluding carboxylic acids is 1. The van der Waals surface area contributed by atoms with Crippen LogP contribution in [-0.4, -0.2) is 10.4 Å². The van der Waals surface area contributed by atoms with Crippen molar-refractivity contribution >= 4 is 16.7 Å². The largest absolute Gasteiger partial charge is 0.350 e. The van der Waals surface area contributed by atoms with E-state index in [0.717, 1.165) is 22.0 Å². The zero-order valence-electron chi connectivity index (χ0n) is 12.7. The molecule has 0 aliphatic carbocycles. The number of benzene rings is 2. The van der Waals surface area contributed by atoms with E-state index < -0.39 is 0 Å². The molecule has 0 fully saturated rings. The van der Waals surface area contributed by atoms with Crippen LogP contribution in [0.15, 0.2) is 48.7 Å². The molecule has 0 N–H and O–H groups in total. The Morgan fingerprint density at radius 3 is 2.38 bits per heavy atom. The van der Waals surface area contributed by atoms with Crippen LogP contribution in [0.2, 0.25) is 0 Å². The lowest BCUT2D eigenvalue weighted by Gasteiger charge is -2.01. The fourth-order valence-electron chi connectivity index (χ4n) is 2.70. The Labute approximate surface area is 125 Å². The van der Waals surface area contributed by atoms with E-state index in [1.54, 1.807) is 0 Å². The molecule has 0 bridgehead atoms. The third-order valence-electron chi connectivity index (χ3n) is 3.93. The van der Waals surface area contributed by atoms with E-state index in [9.17, 15) is 4.79 Å². The molecule has 0 aliphatic rings. The van der Waals surface area contributed by atoms with Crippen molar-refractivity contribution < 1.29 is 4.79 Å². The van der Waals surface area contributed by atoms with Crippen LogP contribution in [0.4, 0.5) is 0 Å². The second kappa shape index (κ2) is 5.21. The topological polar surface area (TPSA) is 22.0 Å². The first kappa shape index (κ1) is 13.6. The molecule has 2 nitrogen and oxygen atoms in total. The summed E-state index contributed by atoms with van der Waals surface area (Å²) in [5, 5.41) is 1.04. The Morgan fingerprint density at radius 1 is 1.00 bits per heavy atom. The van der Waals surface area contributed by atoms with E-state index >= 15 is 0 Å². The Kier molecular flexibility index (Phi) is 3.38. The quantitative estimate of drug-likeness (QED) is 0.657. The lowest BCUT2D eigenvalue weighted by Crippen LogP contribution is -2.02. The summed E-state index contributed by atoms with van der Waals surface area (Å²) in [6, 6.07) is 14.4. The molecule has 0 atom stereocenters. The van der Waals surface area contributed by atoms with E-state index in [-0.39, 0.29) is 5.78 Å². The van der Waals surface area contributed by atoms with Crippen LogP contribution < -0.4 is 0 Å². The number of carbonyl (C=O) groups is 1. The molecule has 0 saturated heterocycles. The number of nitrogens with zero attached hydrogens (tertiary/aromatic N) is 1. The molecule has 3 rings (SSSR count). The Balaban J connectivity index is 1.96. The van der Waals surface area contributed by atoms with Gasteiger partial charge in [0.25, 0.3) is 0 Å². The minimum Gasteiger partial charge on any atom is -0.350 e. The molecule has 2 heteroatoms. The maximum atomic E-state index is 12.6. The van der Waals surface area contributed by atoms with E-state index in [2.05, 4.69) is 38.1 Å². The lowest BCUT2D eigenvalue weighted by molar-refractivity contribution is 0.0994. The van der Waals surface area contributed by atoms with Gasteiger partial charge in [-0.25, -0.2) is 0 Å². The Morgan fingerprint density at radius 2 is 1.67 bits per heavy atom. The number of hydrogen-bond donors (Lipinski definition) is 0. The van der Waals surface area contributed by atoms with Crippen LogP contribution in [0.5, 0.6) is 0 Å². The first-order valence-electron chi connectivity index (χ1n) is 7.19. The molecular formula is C19H19NO. The van der Waals surface area contributed by atoms with Gasteiger partial charge in [-0.2, -0.15) is 0 Å². The van der Waals surface area contributed by atoms with Gasteiger partial charge in [0.1, 0.15) is 0 Å². The molecule has 1 aromatic heterocycles. The standard InChI is InChI=1S/C19H19NO/c1-13-4-7-15(8-5-13)11-19(21)17-12-20(3)18-10-14(2)6-9-16(17)18/h4-10,12H,11H2,1-3H3. The number of fused-ring (bicyclic) bond motifs is 1. The molecule has 0 saturated carbocycles. The van der Waals surface area contributed by atoms with Gasteiger partial charge in [-0.3, -0.25) is 4.79 Å². The molecule has 2 aromatic carbocycles. The second-order valence-corrected chi connectivity index (χ2v) is 5.76. The molecule has 21 heavy (non-hydrogen) atoms. The highest BCUT2D eigenvalue weighted by Crippen LogP contribution is 2.23. The van der Waals surface area contributed by atoms with Gasteiger partial charge in [-0.05, 0) is 31.0 Å². The van der Waals surface area contributed by atoms with Crippen molar-refractivity contribution in [2.45, 2.75) is 20.3 Å².